The highest BCUT2D eigenvalue weighted by molar-refractivity contribution is 5.33. The van der Waals surface area contributed by atoms with E-state index in [0.29, 0.717) is 5.56 Å². The Bertz CT molecular complexity index is 304. The number of nitriles is 1. The van der Waals surface area contributed by atoms with E-state index in [-0.39, 0.29) is 12.2 Å². The molecule has 1 aromatic carbocycles. The monoisotopic (exact) mass is 163 g/mol. The summed E-state index contributed by atoms with van der Waals surface area (Å²) >= 11 is 0. The Morgan fingerprint density at radius 2 is 2.08 bits per heavy atom. The molecule has 0 bridgehead atoms. The van der Waals surface area contributed by atoms with E-state index in [9.17, 15) is 10.2 Å². The molecule has 2 N–H and O–H groups in total. The van der Waals surface area contributed by atoms with E-state index in [1.807, 2.05) is 6.07 Å². The maximum Gasteiger partial charge on any atom is 0.121 e. The first-order chi connectivity index (χ1) is 5.75. The van der Waals surface area contributed by atoms with Crippen molar-refractivity contribution in [1.82, 2.24) is 0 Å². The van der Waals surface area contributed by atoms with Crippen molar-refractivity contribution in [2.24, 2.45) is 0 Å². The van der Waals surface area contributed by atoms with Gasteiger partial charge in [0.25, 0.3) is 0 Å². The fourth-order valence-electron chi connectivity index (χ4n) is 0.966. The molecule has 1 atom stereocenters. The number of aliphatic hydroxyl groups excluding tert-OH is 1. The summed E-state index contributed by atoms with van der Waals surface area (Å²) in [5.74, 6) is 0.0280. The van der Waals surface area contributed by atoms with E-state index < -0.39 is 6.10 Å². The summed E-state index contributed by atoms with van der Waals surface area (Å²) in [4.78, 5) is 0. The number of aliphatic hydroxyl groups is 1. The number of benzene rings is 1. The second-order valence-corrected chi connectivity index (χ2v) is 2.44. The molecule has 0 aliphatic rings. The molecule has 62 valence electrons. The number of phenols is 1. The van der Waals surface area contributed by atoms with Gasteiger partial charge in [-0.3, -0.25) is 0 Å². The maximum atomic E-state index is 9.32. The van der Waals surface area contributed by atoms with Gasteiger partial charge in [0.05, 0.1) is 18.6 Å². The molecule has 0 fully saturated rings. The van der Waals surface area contributed by atoms with Crippen LogP contribution in [0.2, 0.25) is 0 Å². The van der Waals surface area contributed by atoms with Crippen LogP contribution in [-0.2, 0) is 0 Å². The van der Waals surface area contributed by atoms with Crippen LogP contribution in [0.4, 0.5) is 0 Å². The standard InChI is InChI=1S/C9H9NO2/c10-6-5-9(12)7-3-1-2-4-8(7)11/h1-4,9,11-12H,5H2. The number of para-hydroxylation sites is 1. The smallest absolute Gasteiger partial charge is 0.121 e. The molecule has 0 saturated heterocycles. The third-order valence-corrected chi connectivity index (χ3v) is 1.58. The minimum Gasteiger partial charge on any atom is -0.508 e. The molecular formula is C9H9NO2. The molecule has 0 heterocycles. The highest BCUT2D eigenvalue weighted by atomic mass is 16.3. The summed E-state index contributed by atoms with van der Waals surface area (Å²) in [6, 6.07) is 8.28. The van der Waals surface area contributed by atoms with E-state index in [4.69, 9.17) is 5.26 Å². The predicted molar refractivity (Wildman–Crippen MR) is 43.3 cm³/mol. The molecule has 12 heavy (non-hydrogen) atoms. The van der Waals surface area contributed by atoms with Crippen molar-refractivity contribution >= 4 is 0 Å². The highest BCUT2D eigenvalue weighted by Gasteiger charge is 2.09. The number of nitrogens with zero attached hydrogens (tertiary/aromatic N) is 1. The van der Waals surface area contributed by atoms with Gasteiger partial charge in [-0.2, -0.15) is 5.26 Å². The number of hydrogen-bond donors (Lipinski definition) is 2. The van der Waals surface area contributed by atoms with Gasteiger partial charge in [0, 0.05) is 5.56 Å². The van der Waals surface area contributed by atoms with Crippen molar-refractivity contribution in [2.45, 2.75) is 12.5 Å². The fraction of sp³-hybridized carbons (Fsp3) is 0.222. The van der Waals surface area contributed by atoms with Crippen LogP contribution in [0, 0.1) is 11.3 Å². The summed E-state index contributed by atoms with van der Waals surface area (Å²) in [7, 11) is 0. The molecular weight excluding hydrogens is 154 g/mol. The Morgan fingerprint density at radius 1 is 1.42 bits per heavy atom. The van der Waals surface area contributed by atoms with E-state index in [2.05, 4.69) is 0 Å². The molecule has 1 rings (SSSR count). The van der Waals surface area contributed by atoms with Crippen LogP contribution < -0.4 is 0 Å². The van der Waals surface area contributed by atoms with Crippen LogP contribution in [0.1, 0.15) is 18.1 Å². The number of aromatic hydroxyl groups is 1. The molecule has 0 aliphatic carbocycles. The second kappa shape index (κ2) is 3.74. The lowest BCUT2D eigenvalue weighted by Crippen LogP contribution is -1.95. The Hall–Kier alpha value is -1.53. The molecule has 1 unspecified atom stereocenters. The van der Waals surface area contributed by atoms with Gasteiger partial charge in [-0.05, 0) is 6.07 Å². The summed E-state index contributed by atoms with van der Waals surface area (Å²) < 4.78 is 0. The third kappa shape index (κ3) is 1.74. The first-order valence-corrected chi connectivity index (χ1v) is 3.58. The van der Waals surface area contributed by atoms with Crippen molar-refractivity contribution in [3.8, 4) is 11.8 Å². The van der Waals surface area contributed by atoms with Crippen molar-refractivity contribution in [2.75, 3.05) is 0 Å². The van der Waals surface area contributed by atoms with Crippen molar-refractivity contribution < 1.29 is 10.2 Å². The third-order valence-electron chi connectivity index (χ3n) is 1.58. The zero-order chi connectivity index (χ0) is 8.97. The van der Waals surface area contributed by atoms with Crippen molar-refractivity contribution in [3.05, 3.63) is 29.8 Å². The molecule has 0 radical (unpaired) electrons. The normalized spacial score (nSPS) is 12.0. The van der Waals surface area contributed by atoms with Crippen LogP contribution in [0.5, 0.6) is 5.75 Å². The van der Waals surface area contributed by atoms with Gasteiger partial charge in [0.2, 0.25) is 0 Å². The van der Waals surface area contributed by atoms with E-state index in [1.54, 1.807) is 18.2 Å². The summed E-state index contributed by atoms with van der Waals surface area (Å²) in [6.07, 6.45) is -0.895. The molecule has 3 heteroatoms. The largest absolute Gasteiger partial charge is 0.508 e. The molecule has 3 nitrogen and oxygen atoms in total. The molecule has 0 saturated carbocycles. The lowest BCUT2D eigenvalue weighted by atomic mass is 10.1. The highest BCUT2D eigenvalue weighted by Crippen LogP contribution is 2.24. The molecule has 0 amide bonds. The Balaban J connectivity index is 2.88. The van der Waals surface area contributed by atoms with Gasteiger partial charge in [0.1, 0.15) is 5.75 Å². The number of phenolic OH excluding ortho intramolecular Hbond substituents is 1. The minimum atomic E-state index is -0.892. The summed E-state index contributed by atoms with van der Waals surface area (Å²) in [5.41, 5.74) is 0.402. The average molecular weight is 163 g/mol. The predicted octanol–water partition coefficient (Wildman–Crippen LogP) is 1.34. The first kappa shape index (κ1) is 8.57. The van der Waals surface area contributed by atoms with Gasteiger partial charge in [-0.15, -0.1) is 0 Å². The van der Waals surface area contributed by atoms with Gasteiger partial charge in [-0.25, -0.2) is 0 Å². The van der Waals surface area contributed by atoms with Gasteiger partial charge < -0.3 is 10.2 Å². The van der Waals surface area contributed by atoms with Crippen LogP contribution >= 0.6 is 0 Å². The van der Waals surface area contributed by atoms with E-state index in [1.165, 1.54) is 6.07 Å². The minimum absolute atomic E-state index is 0.00241. The lowest BCUT2D eigenvalue weighted by molar-refractivity contribution is 0.179. The Labute approximate surface area is 70.5 Å². The van der Waals surface area contributed by atoms with E-state index in [0.717, 1.165) is 0 Å². The Morgan fingerprint density at radius 3 is 2.67 bits per heavy atom. The van der Waals surface area contributed by atoms with Crippen molar-refractivity contribution in [3.63, 3.8) is 0 Å². The quantitative estimate of drug-likeness (QED) is 0.691. The van der Waals surface area contributed by atoms with Crippen molar-refractivity contribution in [1.29, 1.82) is 5.26 Å². The van der Waals surface area contributed by atoms with Crippen LogP contribution in [0.25, 0.3) is 0 Å². The zero-order valence-corrected chi connectivity index (χ0v) is 6.44. The van der Waals surface area contributed by atoms with E-state index >= 15 is 0 Å². The molecule has 0 aliphatic heterocycles. The van der Waals surface area contributed by atoms with Gasteiger partial charge in [0.15, 0.2) is 0 Å². The number of rotatable bonds is 2. The SMILES string of the molecule is N#CCC(O)c1ccccc1O. The zero-order valence-electron chi connectivity index (χ0n) is 6.44. The first-order valence-electron chi connectivity index (χ1n) is 3.58. The lowest BCUT2D eigenvalue weighted by Gasteiger charge is -2.07. The molecule has 0 aromatic heterocycles. The molecule has 0 spiro atoms. The second-order valence-electron chi connectivity index (χ2n) is 2.44. The summed E-state index contributed by atoms with van der Waals surface area (Å²) in [5, 5.41) is 26.9. The fourth-order valence-corrected chi connectivity index (χ4v) is 0.966. The van der Waals surface area contributed by atoms with Crippen LogP contribution in [0.3, 0.4) is 0 Å². The Kier molecular flexibility index (Phi) is 2.67. The molecule has 1 aromatic rings. The average Bonchev–Trinajstić information content (AvgIpc) is 2.05. The number of hydrogen-bond acceptors (Lipinski definition) is 3. The van der Waals surface area contributed by atoms with Crippen LogP contribution in [-0.4, -0.2) is 10.2 Å². The van der Waals surface area contributed by atoms with Gasteiger partial charge >= 0.3 is 0 Å². The topological polar surface area (TPSA) is 64.2 Å². The van der Waals surface area contributed by atoms with Crippen LogP contribution in [0.15, 0.2) is 24.3 Å². The van der Waals surface area contributed by atoms with Gasteiger partial charge in [-0.1, -0.05) is 18.2 Å². The summed E-state index contributed by atoms with van der Waals surface area (Å²) in [6.45, 7) is 0. The maximum absolute atomic E-state index is 9.32.